The third kappa shape index (κ3) is 11.8. The number of methoxy groups -OCH3 is 1. The van der Waals surface area contributed by atoms with Crippen LogP contribution in [0.2, 0.25) is 0 Å². The lowest BCUT2D eigenvalue weighted by Crippen LogP contribution is -2.34. The van der Waals surface area contributed by atoms with Gasteiger partial charge >= 0.3 is 6.18 Å². The summed E-state index contributed by atoms with van der Waals surface area (Å²) in [5.74, 6) is 0.594. The fraction of sp³-hybridized carbons (Fsp3) is 0.345. The minimum atomic E-state index is -4.47. The summed E-state index contributed by atoms with van der Waals surface area (Å²) in [5, 5.41) is 6.52. The summed E-state index contributed by atoms with van der Waals surface area (Å²) in [6, 6.07) is 7.76. The molecule has 0 unspecified atom stereocenters. The van der Waals surface area contributed by atoms with Crippen LogP contribution in [0.25, 0.3) is 5.70 Å². The van der Waals surface area contributed by atoms with Crippen LogP contribution >= 0.6 is 0 Å². The highest BCUT2D eigenvalue weighted by Gasteiger charge is 2.30. The molecule has 0 fully saturated rings. The zero-order valence-corrected chi connectivity index (χ0v) is 24.0. The molecule has 1 heterocycles. The standard InChI is InChI=1S/C24H26F3N3O2.C5H10FNO2/c1-7-20(24(25,26)27)12-11-17(3)32-15-22-21(14-28-30(22)5)23(31-6)29-18(4)19-10-8-9-16(2)13-19;1-5(2,9-6)3-7-4-8/h7-14H,1,4,15H2,2-3,5-6H3;4H,3H2,1-2H3,(H,7,8)/b17-11+,20-12+,29-23?;. The fourth-order valence-corrected chi connectivity index (χ4v) is 3.07. The van der Waals surface area contributed by atoms with Crippen LogP contribution in [0.4, 0.5) is 17.7 Å². The van der Waals surface area contributed by atoms with Crippen LogP contribution in [0.15, 0.2) is 78.2 Å². The van der Waals surface area contributed by atoms with Crippen LogP contribution in [-0.4, -0.2) is 47.5 Å². The summed E-state index contributed by atoms with van der Waals surface area (Å²) in [6.45, 7) is 14.0. The number of ether oxygens (including phenoxy) is 2. The van der Waals surface area contributed by atoms with Gasteiger partial charge in [-0.1, -0.05) is 43.0 Å². The van der Waals surface area contributed by atoms with Gasteiger partial charge in [0.25, 0.3) is 0 Å². The normalized spacial score (nSPS) is 12.7. The number of halogens is 4. The molecule has 0 atom stereocenters. The predicted molar refractivity (Wildman–Crippen MR) is 150 cm³/mol. The monoisotopic (exact) mass is 580 g/mol. The van der Waals surface area contributed by atoms with E-state index in [-0.39, 0.29) is 13.2 Å². The molecule has 0 bridgehead atoms. The number of hydrogen-bond acceptors (Lipinski definition) is 6. The molecule has 0 aliphatic rings. The average Bonchev–Trinajstić information content (AvgIpc) is 3.29. The van der Waals surface area contributed by atoms with Crippen molar-refractivity contribution in [2.24, 2.45) is 12.0 Å². The number of nitrogens with one attached hydrogen (secondary N) is 1. The Morgan fingerprint density at radius 3 is 2.46 bits per heavy atom. The lowest BCUT2D eigenvalue weighted by Gasteiger charge is -2.16. The van der Waals surface area contributed by atoms with Crippen LogP contribution in [0.5, 0.6) is 0 Å². The van der Waals surface area contributed by atoms with Gasteiger partial charge in [0.15, 0.2) is 0 Å². The van der Waals surface area contributed by atoms with Crippen molar-refractivity contribution in [1.82, 2.24) is 15.1 Å². The summed E-state index contributed by atoms with van der Waals surface area (Å²) in [6.07, 6.45) is 0.526. The number of carbonyl (C=O) groups excluding carboxylic acids is 1. The minimum absolute atomic E-state index is 0.0523. The second-order valence-electron chi connectivity index (χ2n) is 9.29. The van der Waals surface area contributed by atoms with E-state index in [9.17, 15) is 22.5 Å². The molecule has 41 heavy (non-hydrogen) atoms. The van der Waals surface area contributed by atoms with Gasteiger partial charge in [-0.15, -0.1) is 0 Å². The molecule has 12 heteroatoms. The molecule has 1 aromatic heterocycles. The van der Waals surface area contributed by atoms with Crippen LogP contribution in [-0.2, 0) is 32.9 Å². The summed E-state index contributed by atoms with van der Waals surface area (Å²) in [4.78, 5) is 17.7. The number of nitrogens with zero attached hydrogens (tertiary/aromatic N) is 3. The molecule has 2 aromatic rings. The number of amides is 1. The average molecular weight is 581 g/mol. The molecule has 224 valence electrons. The molecule has 0 spiro atoms. The maximum absolute atomic E-state index is 12.8. The zero-order chi connectivity index (χ0) is 31.2. The number of hydrogen-bond donors (Lipinski definition) is 1. The van der Waals surface area contributed by atoms with E-state index in [0.29, 0.717) is 35.0 Å². The Hall–Kier alpha value is -4.19. The Morgan fingerprint density at radius 1 is 1.24 bits per heavy atom. The first-order valence-corrected chi connectivity index (χ1v) is 12.3. The van der Waals surface area contributed by atoms with E-state index in [1.165, 1.54) is 27.0 Å². The molecule has 0 aliphatic heterocycles. The van der Waals surface area contributed by atoms with Crippen LogP contribution in [0.1, 0.15) is 43.2 Å². The van der Waals surface area contributed by atoms with E-state index < -0.39 is 17.4 Å². The molecule has 1 N–H and O–H groups in total. The highest BCUT2D eigenvalue weighted by molar-refractivity contribution is 5.98. The second kappa shape index (κ2) is 16.2. The van der Waals surface area contributed by atoms with Crippen LogP contribution in [0.3, 0.4) is 0 Å². The van der Waals surface area contributed by atoms with Gasteiger partial charge in [0.2, 0.25) is 12.3 Å². The first-order valence-electron chi connectivity index (χ1n) is 12.3. The Balaban J connectivity index is 0.000000803. The van der Waals surface area contributed by atoms with E-state index in [2.05, 4.69) is 33.5 Å². The van der Waals surface area contributed by atoms with Gasteiger partial charge in [-0.3, -0.25) is 9.48 Å². The van der Waals surface area contributed by atoms with E-state index in [1.54, 1.807) is 24.9 Å². The van der Waals surface area contributed by atoms with Crippen molar-refractivity contribution in [3.05, 3.63) is 95.6 Å². The molecule has 0 aliphatic carbocycles. The third-order valence-corrected chi connectivity index (χ3v) is 5.37. The van der Waals surface area contributed by atoms with Crippen molar-refractivity contribution >= 4 is 18.0 Å². The number of benzene rings is 1. The molecule has 0 radical (unpaired) electrons. The maximum atomic E-state index is 12.8. The molecular formula is C29H36F4N4O4. The molecule has 2 rings (SSSR count). The quantitative estimate of drug-likeness (QED) is 0.0795. The van der Waals surface area contributed by atoms with Crippen molar-refractivity contribution < 1.29 is 36.9 Å². The van der Waals surface area contributed by atoms with Crippen molar-refractivity contribution in [3.63, 3.8) is 0 Å². The topological polar surface area (TPSA) is 87.0 Å². The van der Waals surface area contributed by atoms with Crippen molar-refractivity contribution in [1.29, 1.82) is 0 Å². The minimum Gasteiger partial charge on any atom is -0.492 e. The SMILES string of the molecule is C=C/C(=C\C=C(/C)OCc1c(C(=NC(=C)c2cccc(C)c2)OC)cnn1C)C(F)(F)F.CC(C)(CNC=O)OF. The number of carbonyl (C=O) groups is 1. The van der Waals surface area contributed by atoms with Gasteiger partial charge in [0.1, 0.15) is 12.2 Å². The largest absolute Gasteiger partial charge is 0.492 e. The van der Waals surface area contributed by atoms with E-state index in [4.69, 9.17) is 9.47 Å². The van der Waals surface area contributed by atoms with Gasteiger partial charge in [-0.2, -0.15) is 23.2 Å². The number of allylic oxidation sites excluding steroid dienone is 5. The van der Waals surface area contributed by atoms with E-state index in [1.807, 2.05) is 31.2 Å². The first-order chi connectivity index (χ1) is 19.2. The Labute approximate surface area is 237 Å². The van der Waals surface area contributed by atoms with Crippen LogP contribution in [0, 0.1) is 6.92 Å². The van der Waals surface area contributed by atoms with E-state index in [0.717, 1.165) is 23.3 Å². The molecule has 1 amide bonds. The van der Waals surface area contributed by atoms with Crippen molar-refractivity contribution in [2.75, 3.05) is 13.7 Å². The lowest BCUT2D eigenvalue weighted by atomic mass is 10.1. The Morgan fingerprint density at radius 2 is 1.93 bits per heavy atom. The smallest absolute Gasteiger partial charge is 0.416 e. The van der Waals surface area contributed by atoms with Crippen molar-refractivity contribution in [3.8, 4) is 0 Å². The number of alkyl halides is 3. The Bertz CT molecular complexity index is 1280. The summed E-state index contributed by atoms with van der Waals surface area (Å²) < 4.78 is 62.6. The first kappa shape index (κ1) is 34.8. The third-order valence-electron chi connectivity index (χ3n) is 5.37. The van der Waals surface area contributed by atoms with Crippen LogP contribution < -0.4 is 5.32 Å². The summed E-state index contributed by atoms with van der Waals surface area (Å²) in [5.41, 5.74) is 1.91. The highest BCUT2D eigenvalue weighted by Crippen LogP contribution is 2.26. The molecular weight excluding hydrogens is 544 g/mol. The zero-order valence-electron chi connectivity index (χ0n) is 24.0. The molecule has 0 saturated heterocycles. The number of aliphatic imine (C=N–C) groups is 1. The van der Waals surface area contributed by atoms with Gasteiger partial charge in [0.05, 0.1) is 41.6 Å². The van der Waals surface area contributed by atoms with Gasteiger partial charge in [-0.25, -0.2) is 4.99 Å². The number of rotatable bonds is 12. The van der Waals surface area contributed by atoms with E-state index >= 15 is 0 Å². The molecule has 8 nitrogen and oxygen atoms in total. The lowest BCUT2D eigenvalue weighted by molar-refractivity contribution is -0.219. The number of aryl methyl sites for hydroxylation is 2. The number of aromatic nitrogens is 2. The van der Waals surface area contributed by atoms with Gasteiger partial charge in [0, 0.05) is 13.6 Å². The molecule has 1 aromatic carbocycles. The summed E-state index contributed by atoms with van der Waals surface area (Å²) >= 11 is 0. The maximum Gasteiger partial charge on any atom is 0.416 e. The van der Waals surface area contributed by atoms with Gasteiger partial charge < -0.3 is 14.8 Å². The highest BCUT2D eigenvalue weighted by atomic mass is 19.4. The molecule has 0 saturated carbocycles. The van der Waals surface area contributed by atoms with Gasteiger partial charge in [-0.05, 0) is 56.0 Å². The fourth-order valence-electron chi connectivity index (χ4n) is 3.07. The second-order valence-corrected chi connectivity index (χ2v) is 9.29. The van der Waals surface area contributed by atoms with Crippen molar-refractivity contribution in [2.45, 2.75) is 46.1 Å². The summed E-state index contributed by atoms with van der Waals surface area (Å²) in [7, 11) is 3.22. The predicted octanol–water partition coefficient (Wildman–Crippen LogP) is 6.30. The Kier molecular flexibility index (Phi) is 13.7.